The minimum Gasteiger partial charge on any atom is -0.357 e. The van der Waals surface area contributed by atoms with E-state index in [-0.39, 0.29) is 6.29 Å². The van der Waals surface area contributed by atoms with Crippen LogP contribution in [0.1, 0.15) is 26.2 Å². The molecule has 0 saturated carbocycles. The van der Waals surface area contributed by atoms with E-state index in [0.29, 0.717) is 13.2 Å². The zero-order valence-corrected chi connectivity index (χ0v) is 9.91. The molecule has 3 heteroatoms. The van der Waals surface area contributed by atoms with Crippen molar-refractivity contribution >= 4 is 0 Å². The second-order valence-corrected chi connectivity index (χ2v) is 3.97. The summed E-state index contributed by atoms with van der Waals surface area (Å²) in [6, 6.07) is 0. The Kier molecular flexibility index (Phi) is 5.54. The molecule has 0 aliphatic carbocycles. The maximum absolute atomic E-state index is 5.52. The highest BCUT2D eigenvalue weighted by atomic mass is 16.7. The lowest BCUT2D eigenvalue weighted by atomic mass is 10.1. The van der Waals surface area contributed by atoms with Crippen molar-refractivity contribution in [3.05, 3.63) is 12.7 Å². The molecule has 1 rings (SSSR count). The summed E-state index contributed by atoms with van der Waals surface area (Å²) < 4.78 is 16.4. The van der Waals surface area contributed by atoms with E-state index in [2.05, 4.69) is 12.5 Å². The summed E-state index contributed by atoms with van der Waals surface area (Å²) in [5, 5.41) is 0. The Morgan fingerprint density at radius 1 is 1.56 bits per heavy atom. The van der Waals surface area contributed by atoms with Crippen molar-refractivity contribution in [1.29, 1.82) is 0 Å². The smallest absolute Gasteiger partial charge is 0.157 e. The number of hydrogen-bond donors (Lipinski definition) is 0. The molecule has 0 aromatic rings. The summed E-state index contributed by atoms with van der Waals surface area (Å²) in [5.41, 5.74) is -0.698. The Morgan fingerprint density at radius 3 is 2.94 bits per heavy atom. The summed E-state index contributed by atoms with van der Waals surface area (Å²) in [4.78, 5) is 0. The van der Waals surface area contributed by atoms with Crippen molar-refractivity contribution in [2.45, 2.75) is 38.1 Å². The lowest BCUT2D eigenvalue weighted by Crippen LogP contribution is -2.28. The van der Waals surface area contributed by atoms with Crippen LogP contribution in [-0.4, -0.2) is 31.7 Å². The molecule has 0 radical (unpaired) electrons. The zero-order chi connectivity index (χ0) is 11.9. The van der Waals surface area contributed by atoms with Gasteiger partial charge in [0.25, 0.3) is 0 Å². The van der Waals surface area contributed by atoms with E-state index in [9.17, 15) is 0 Å². The van der Waals surface area contributed by atoms with Gasteiger partial charge in [-0.2, -0.15) is 0 Å². The van der Waals surface area contributed by atoms with Gasteiger partial charge in [-0.25, -0.2) is 0 Å². The van der Waals surface area contributed by atoms with Crippen LogP contribution in [0.15, 0.2) is 12.7 Å². The third-order valence-corrected chi connectivity index (χ3v) is 2.60. The summed E-state index contributed by atoms with van der Waals surface area (Å²) in [7, 11) is 0. The molecule has 0 bridgehead atoms. The van der Waals surface area contributed by atoms with Crippen molar-refractivity contribution < 1.29 is 14.2 Å². The van der Waals surface area contributed by atoms with Gasteiger partial charge in [-0.3, -0.25) is 0 Å². The van der Waals surface area contributed by atoms with Crippen LogP contribution in [0.25, 0.3) is 0 Å². The predicted molar refractivity (Wildman–Crippen MR) is 62.9 cm³/mol. The Labute approximate surface area is 97.8 Å². The molecule has 0 aromatic heterocycles. The zero-order valence-electron chi connectivity index (χ0n) is 9.91. The largest absolute Gasteiger partial charge is 0.357 e. The first-order valence-corrected chi connectivity index (χ1v) is 5.69. The van der Waals surface area contributed by atoms with Gasteiger partial charge in [0, 0.05) is 6.61 Å². The number of hydrogen-bond acceptors (Lipinski definition) is 3. The summed E-state index contributed by atoms with van der Waals surface area (Å²) in [5.74, 6) is 2.54. The average Bonchev–Trinajstić information content (AvgIpc) is 2.36. The molecule has 0 aromatic carbocycles. The SMILES string of the molecule is C#CC(C)(C=C)OCCOC1CCCCO1. The lowest BCUT2D eigenvalue weighted by Gasteiger charge is -2.24. The van der Waals surface area contributed by atoms with Gasteiger partial charge in [-0.1, -0.05) is 12.5 Å². The van der Waals surface area contributed by atoms with Crippen molar-refractivity contribution in [3.8, 4) is 12.3 Å². The molecule has 1 saturated heterocycles. The monoisotopic (exact) mass is 224 g/mol. The van der Waals surface area contributed by atoms with Crippen LogP contribution in [-0.2, 0) is 14.2 Å². The molecule has 16 heavy (non-hydrogen) atoms. The lowest BCUT2D eigenvalue weighted by molar-refractivity contribution is -0.171. The Bertz CT molecular complexity index is 250. The Balaban J connectivity index is 2.11. The Hall–Kier alpha value is -0.820. The normalized spacial score (nSPS) is 24.4. The molecule has 1 aliphatic heterocycles. The molecule has 1 heterocycles. The van der Waals surface area contributed by atoms with Gasteiger partial charge >= 0.3 is 0 Å². The summed E-state index contributed by atoms with van der Waals surface area (Å²) in [6.07, 6.45) is 10.1. The van der Waals surface area contributed by atoms with Crippen LogP contribution in [0.4, 0.5) is 0 Å². The van der Waals surface area contributed by atoms with Crippen LogP contribution in [0, 0.1) is 12.3 Å². The molecule has 3 nitrogen and oxygen atoms in total. The highest BCUT2D eigenvalue weighted by molar-refractivity contribution is 5.15. The third-order valence-electron chi connectivity index (χ3n) is 2.60. The quantitative estimate of drug-likeness (QED) is 0.393. The predicted octanol–water partition coefficient (Wildman–Crippen LogP) is 2.12. The van der Waals surface area contributed by atoms with Crippen molar-refractivity contribution in [1.82, 2.24) is 0 Å². The van der Waals surface area contributed by atoms with E-state index >= 15 is 0 Å². The number of rotatable bonds is 6. The highest BCUT2D eigenvalue weighted by Crippen LogP contribution is 2.14. The first kappa shape index (κ1) is 13.2. The number of ether oxygens (including phenoxy) is 3. The molecular weight excluding hydrogens is 204 g/mol. The molecule has 1 fully saturated rings. The molecule has 0 N–H and O–H groups in total. The fourth-order valence-corrected chi connectivity index (χ4v) is 1.44. The van der Waals surface area contributed by atoms with Crippen LogP contribution >= 0.6 is 0 Å². The molecule has 0 spiro atoms. The van der Waals surface area contributed by atoms with Crippen molar-refractivity contribution in [2.24, 2.45) is 0 Å². The van der Waals surface area contributed by atoms with Crippen molar-refractivity contribution in [2.75, 3.05) is 19.8 Å². The summed E-state index contributed by atoms with van der Waals surface area (Å²) in [6.45, 7) is 7.18. The maximum atomic E-state index is 5.52. The van der Waals surface area contributed by atoms with E-state index in [0.717, 1.165) is 19.4 Å². The second-order valence-electron chi connectivity index (χ2n) is 3.97. The van der Waals surface area contributed by atoms with Gasteiger partial charge in [0.1, 0.15) is 5.60 Å². The first-order valence-electron chi connectivity index (χ1n) is 5.69. The van der Waals surface area contributed by atoms with Crippen LogP contribution in [0.5, 0.6) is 0 Å². The van der Waals surface area contributed by atoms with Crippen LogP contribution < -0.4 is 0 Å². The molecule has 1 aliphatic rings. The Morgan fingerprint density at radius 2 is 2.38 bits per heavy atom. The number of terminal acetylenes is 1. The van der Waals surface area contributed by atoms with Gasteiger partial charge in [0.05, 0.1) is 13.2 Å². The molecule has 2 atom stereocenters. The van der Waals surface area contributed by atoms with E-state index < -0.39 is 5.60 Å². The van der Waals surface area contributed by atoms with Gasteiger partial charge in [-0.15, -0.1) is 6.42 Å². The van der Waals surface area contributed by atoms with Gasteiger partial charge in [-0.05, 0) is 32.3 Å². The highest BCUT2D eigenvalue weighted by Gasteiger charge is 2.18. The fraction of sp³-hybridized carbons (Fsp3) is 0.692. The summed E-state index contributed by atoms with van der Waals surface area (Å²) >= 11 is 0. The van der Waals surface area contributed by atoms with Gasteiger partial charge < -0.3 is 14.2 Å². The van der Waals surface area contributed by atoms with E-state index in [4.69, 9.17) is 20.6 Å². The minimum atomic E-state index is -0.698. The van der Waals surface area contributed by atoms with Crippen LogP contribution in [0.3, 0.4) is 0 Å². The minimum absolute atomic E-state index is 0.0711. The second kappa shape index (κ2) is 6.70. The van der Waals surface area contributed by atoms with E-state index in [1.807, 2.05) is 0 Å². The topological polar surface area (TPSA) is 27.7 Å². The van der Waals surface area contributed by atoms with Gasteiger partial charge in [0.2, 0.25) is 0 Å². The fourth-order valence-electron chi connectivity index (χ4n) is 1.44. The standard InChI is InChI=1S/C13H20O3/c1-4-13(3,5-2)16-11-10-15-12-8-6-7-9-14-12/h1,5,12H,2,6-11H2,3H3. The average molecular weight is 224 g/mol. The maximum Gasteiger partial charge on any atom is 0.157 e. The molecule has 2 unspecified atom stereocenters. The molecule has 90 valence electrons. The van der Waals surface area contributed by atoms with Crippen LogP contribution in [0.2, 0.25) is 0 Å². The van der Waals surface area contributed by atoms with E-state index in [1.165, 1.54) is 6.42 Å². The molecule has 0 amide bonds. The van der Waals surface area contributed by atoms with E-state index in [1.54, 1.807) is 13.0 Å². The van der Waals surface area contributed by atoms with Gasteiger partial charge in [0.15, 0.2) is 6.29 Å². The first-order chi connectivity index (χ1) is 7.70. The third kappa shape index (κ3) is 4.36. The molecular formula is C13H20O3. The van der Waals surface area contributed by atoms with Crippen molar-refractivity contribution in [3.63, 3.8) is 0 Å².